The summed E-state index contributed by atoms with van der Waals surface area (Å²) in [6.07, 6.45) is 3.12. The lowest BCUT2D eigenvalue weighted by atomic mass is 10.0. The van der Waals surface area contributed by atoms with Crippen LogP contribution in [-0.4, -0.2) is 91.3 Å². The molecule has 1 aromatic heterocycles. The quantitative estimate of drug-likeness (QED) is 0.785. The van der Waals surface area contributed by atoms with Crippen molar-refractivity contribution in [2.45, 2.75) is 6.04 Å². The maximum Gasteiger partial charge on any atom is 0.409 e. The molecule has 2 aliphatic heterocycles. The Bertz CT molecular complexity index is 584. The summed E-state index contributed by atoms with van der Waals surface area (Å²) in [5.41, 5.74) is 0.893. The molecule has 0 N–H and O–H groups in total. The number of morpholine rings is 1. The summed E-state index contributed by atoms with van der Waals surface area (Å²) in [5, 5.41) is 0. The van der Waals surface area contributed by atoms with Crippen molar-refractivity contribution in [2.75, 3.05) is 59.6 Å². The lowest BCUT2D eigenvalue weighted by Crippen LogP contribution is -2.54. The number of methoxy groups -OCH3 is 1. The van der Waals surface area contributed by atoms with E-state index in [1.54, 1.807) is 17.3 Å². The van der Waals surface area contributed by atoms with E-state index >= 15 is 0 Å². The first kappa shape index (κ1) is 17.6. The first-order valence-electron chi connectivity index (χ1n) is 8.54. The van der Waals surface area contributed by atoms with Gasteiger partial charge in [-0.2, -0.15) is 0 Å². The summed E-state index contributed by atoms with van der Waals surface area (Å²) in [5.74, 6) is 0.0550. The van der Waals surface area contributed by atoms with Crippen LogP contribution in [-0.2, 0) is 14.3 Å². The second-order valence-corrected chi connectivity index (χ2v) is 6.12. The first-order chi connectivity index (χ1) is 12.2. The van der Waals surface area contributed by atoms with Crippen LogP contribution in [0.25, 0.3) is 0 Å². The van der Waals surface area contributed by atoms with Gasteiger partial charge in [0.15, 0.2) is 0 Å². The Balaban J connectivity index is 1.72. The van der Waals surface area contributed by atoms with Gasteiger partial charge in [-0.25, -0.2) is 4.79 Å². The van der Waals surface area contributed by atoms with Crippen molar-refractivity contribution in [3.05, 3.63) is 30.1 Å². The minimum atomic E-state index is -0.359. The standard InChI is InChI=1S/C17H24N4O4/c1-24-17(23)21-7-5-20(6-8-21)16(22)15(14-3-2-4-18-13-14)19-9-11-25-12-10-19/h2-4,13,15H,5-12H2,1H3. The van der Waals surface area contributed by atoms with E-state index in [0.717, 1.165) is 5.56 Å². The molecule has 3 heterocycles. The Morgan fingerprint density at radius 2 is 1.80 bits per heavy atom. The van der Waals surface area contributed by atoms with Gasteiger partial charge in [0.1, 0.15) is 6.04 Å². The highest BCUT2D eigenvalue weighted by molar-refractivity contribution is 5.83. The fraction of sp³-hybridized carbons (Fsp3) is 0.588. The van der Waals surface area contributed by atoms with Crippen molar-refractivity contribution in [1.82, 2.24) is 19.7 Å². The molecule has 0 aliphatic carbocycles. The number of ether oxygens (including phenoxy) is 2. The molecule has 0 radical (unpaired) electrons. The van der Waals surface area contributed by atoms with Crippen LogP contribution < -0.4 is 0 Å². The number of rotatable bonds is 3. The van der Waals surface area contributed by atoms with Gasteiger partial charge in [0.2, 0.25) is 5.91 Å². The van der Waals surface area contributed by atoms with E-state index in [2.05, 4.69) is 9.88 Å². The van der Waals surface area contributed by atoms with Crippen LogP contribution in [0.15, 0.2) is 24.5 Å². The van der Waals surface area contributed by atoms with E-state index < -0.39 is 0 Å². The lowest BCUT2D eigenvalue weighted by Gasteiger charge is -2.39. The van der Waals surface area contributed by atoms with Gasteiger partial charge in [-0.1, -0.05) is 6.07 Å². The summed E-state index contributed by atoms with van der Waals surface area (Å²) in [4.78, 5) is 34.6. The number of amides is 2. The van der Waals surface area contributed by atoms with Gasteiger partial charge in [0.25, 0.3) is 0 Å². The molecule has 0 bridgehead atoms. The zero-order valence-electron chi connectivity index (χ0n) is 14.5. The highest BCUT2D eigenvalue weighted by Gasteiger charge is 2.34. The van der Waals surface area contributed by atoms with Crippen molar-refractivity contribution in [3.63, 3.8) is 0 Å². The summed E-state index contributed by atoms with van der Waals surface area (Å²) in [7, 11) is 1.37. The highest BCUT2D eigenvalue weighted by atomic mass is 16.5. The minimum absolute atomic E-state index is 0.0550. The molecule has 2 saturated heterocycles. The van der Waals surface area contributed by atoms with Crippen molar-refractivity contribution in [1.29, 1.82) is 0 Å². The number of aromatic nitrogens is 1. The van der Waals surface area contributed by atoms with Crippen LogP contribution in [0, 0.1) is 0 Å². The third-order valence-corrected chi connectivity index (χ3v) is 4.67. The van der Waals surface area contributed by atoms with Crippen molar-refractivity contribution < 1.29 is 19.1 Å². The smallest absolute Gasteiger partial charge is 0.409 e. The Morgan fingerprint density at radius 3 is 2.40 bits per heavy atom. The molecule has 1 unspecified atom stereocenters. The molecule has 8 nitrogen and oxygen atoms in total. The van der Waals surface area contributed by atoms with Gasteiger partial charge in [-0.05, 0) is 11.6 Å². The van der Waals surface area contributed by atoms with Crippen molar-refractivity contribution >= 4 is 12.0 Å². The normalized spacial score (nSPS) is 20.2. The number of nitrogens with zero attached hydrogens (tertiary/aromatic N) is 4. The number of hydrogen-bond acceptors (Lipinski definition) is 6. The zero-order valence-corrected chi connectivity index (χ0v) is 14.5. The molecule has 8 heteroatoms. The minimum Gasteiger partial charge on any atom is -0.453 e. The predicted octanol–water partition coefficient (Wildman–Crippen LogP) is 0.365. The third kappa shape index (κ3) is 4.08. The average Bonchev–Trinajstić information content (AvgIpc) is 2.69. The number of piperazine rings is 1. The fourth-order valence-corrected chi connectivity index (χ4v) is 3.29. The summed E-state index contributed by atoms with van der Waals surface area (Å²) >= 11 is 0. The molecule has 3 rings (SSSR count). The number of pyridine rings is 1. The SMILES string of the molecule is COC(=O)N1CCN(C(=O)C(c2cccnc2)N2CCOCC2)CC1. The molecule has 2 fully saturated rings. The average molecular weight is 348 g/mol. The monoisotopic (exact) mass is 348 g/mol. The Kier molecular flexibility index (Phi) is 5.83. The number of hydrogen-bond donors (Lipinski definition) is 0. The van der Waals surface area contributed by atoms with Crippen LogP contribution in [0.4, 0.5) is 4.79 Å². The zero-order chi connectivity index (χ0) is 17.6. The summed E-state index contributed by atoms with van der Waals surface area (Å²) in [6.45, 7) is 4.67. The molecule has 136 valence electrons. The van der Waals surface area contributed by atoms with Gasteiger partial charge >= 0.3 is 6.09 Å². The molecule has 1 atom stereocenters. The van der Waals surface area contributed by atoms with Crippen LogP contribution in [0.5, 0.6) is 0 Å². The van der Waals surface area contributed by atoms with Gasteiger partial charge in [-0.15, -0.1) is 0 Å². The van der Waals surface area contributed by atoms with Crippen molar-refractivity contribution in [3.8, 4) is 0 Å². The molecule has 25 heavy (non-hydrogen) atoms. The Labute approximate surface area is 147 Å². The molecular formula is C17H24N4O4. The summed E-state index contributed by atoms with van der Waals surface area (Å²) < 4.78 is 10.2. The Hall–Kier alpha value is -2.19. The predicted molar refractivity (Wildman–Crippen MR) is 89.9 cm³/mol. The van der Waals surface area contributed by atoms with Crippen LogP contribution in [0.2, 0.25) is 0 Å². The van der Waals surface area contributed by atoms with E-state index in [1.807, 2.05) is 17.0 Å². The largest absolute Gasteiger partial charge is 0.453 e. The highest BCUT2D eigenvalue weighted by Crippen LogP contribution is 2.24. The van der Waals surface area contributed by atoms with E-state index in [-0.39, 0.29) is 18.0 Å². The second kappa shape index (κ2) is 8.26. The molecular weight excluding hydrogens is 324 g/mol. The van der Waals surface area contributed by atoms with Crippen LogP contribution >= 0.6 is 0 Å². The topological polar surface area (TPSA) is 75.2 Å². The maximum absolute atomic E-state index is 13.2. The molecule has 0 spiro atoms. The van der Waals surface area contributed by atoms with E-state index in [1.165, 1.54) is 7.11 Å². The number of carbonyl (C=O) groups is 2. The molecule has 0 saturated carbocycles. The van der Waals surface area contributed by atoms with Gasteiger partial charge in [0, 0.05) is 51.7 Å². The number of carbonyl (C=O) groups excluding carboxylic acids is 2. The molecule has 2 amide bonds. The van der Waals surface area contributed by atoms with E-state index in [9.17, 15) is 9.59 Å². The van der Waals surface area contributed by atoms with Gasteiger partial charge in [-0.3, -0.25) is 14.7 Å². The second-order valence-electron chi connectivity index (χ2n) is 6.12. The molecule has 1 aromatic rings. The van der Waals surface area contributed by atoms with Crippen LogP contribution in [0.3, 0.4) is 0 Å². The maximum atomic E-state index is 13.2. The first-order valence-corrected chi connectivity index (χ1v) is 8.54. The lowest BCUT2D eigenvalue weighted by molar-refractivity contribution is -0.140. The van der Waals surface area contributed by atoms with Crippen molar-refractivity contribution in [2.24, 2.45) is 0 Å². The van der Waals surface area contributed by atoms with Gasteiger partial charge < -0.3 is 19.3 Å². The summed E-state index contributed by atoms with van der Waals surface area (Å²) in [6, 6.07) is 3.43. The third-order valence-electron chi connectivity index (χ3n) is 4.67. The van der Waals surface area contributed by atoms with E-state index in [0.29, 0.717) is 52.5 Å². The van der Waals surface area contributed by atoms with E-state index in [4.69, 9.17) is 9.47 Å². The van der Waals surface area contributed by atoms with Gasteiger partial charge in [0.05, 0.1) is 20.3 Å². The fourth-order valence-electron chi connectivity index (χ4n) is 3.29. The Morgan fingerprint density at radius 1 is 1.12 bits per heavy atom. The van der Waals surface area contributed by atoms with Crippen LogP contribution in [0.1, 0.15) is 11.6 Å². The molecule has 2 aliphatic rings. The molecule has 0 aromatic carbocycles.